The van der Waals surface area contributed by atoms with Crippen molar-refractivity contribution in [3.8, 4) is 11.5 Å². The molecule has 0 aromatic heterocycles. The number of methoxy groups -OCH3 is 1. The molecule has 4 rings (SSSR count). The molecule has 1 aromatic rings. The van der Waals surface area contributed by atoms with Gasteiger partial charge in [0.2, 0.25) is 11.8 Å². The average molecular weight is 408 g/mol. The third kappa shape index (κ3) is 4.19. The Hall–Kier alpha value is -2.68. The number of hydrogen-bond donors (Lipinski definition) is 0. The van der Waals surface area contributed by atoms with Gasteiger partial charge in [0.25, 0.3) is 0 Å². The molecule has 1 saturated heterocycles. The first kappa shape index (κ1) is 19.6. The first-order valence-corrected chi connectivity index (χ1v) is 9.53. The van der Waals surface area contributed by atoms with Gasteiger partial charge in [-0.2, -0.15) is 0 Å². The summed E-state index contributed by atoms with van der Waals surface area (Å²) in [4.78, 5) is 28.3. The van der Waals surface area contributed by atoms with Gasteiger partial charge >= 0.3 is 6.29 Å². The average Bonchev–Trinajstić information content (AvgIpc) is 2.98. The van der Waals surface area contributed by atoms with Crippen LogP contribution in [0.1, 0.15) is 18.4 Å². The van der Waals surface area contributed by atoms with E-state index in [1.807, 2.05) is 4.90 Å². The van der Waals surface area contributed by atoms with Crippen molar-refractivity contribution in [2.24, 2.45) is 5.92 Å². The Labute approximate surface area is 166 Å². The lowest BCUT2D eigenvalue weighted by molar-refractivity contribution is -0.286. The second kappa shape index (κ2) is 7.62. The molecule has 2 heterocycles. The first-order chi connectivity index (χ1) is 13.8. The van der Waals surface area contributed by atoms with E-state index in [0.29, 0.717) is 31.7 Å². The Balaban J connectivity index is 1.28. The van der Waals surface area contributed by atoms with Gasteiger partial charge in [-0.3, -0.25) is 9.59 Å². The maximum Gasteiger partial charge on any atom is 0.586 e. The molecule has 156 valence electrons. The summed E-state index contributed by atoms with van der Waals surface area (Å²) in [6.07, 6.45) is 0.972. The highest BCUT2D eigenvalue weighted by atomic mass is 19.3. The quantitative estimate of drug-likeness (QED) is 0.714. The molecule has 1 saturated carbocycles. The molecule has 1 aliphatic carbocycles. The normalized spacial score (nSPS) is 25.2. The Kier molecular flexibility index (Phi) is 5.16. The number of amides is 2. The smallest absolute Gasteiger partial charge is 0.395 e. The van der Waals surface area contributed by atoms with Crippen LogP contribution >= 0.6 is 0 Å². The molecular weight excluding hydrogens is 386 g/mol. The Morgan fingerprint density at radius 2 is 1.76 bits per heavy atom. The van der Waals surface area contributed by atoms with E-state index in [0.717, 1.165) is 12.8 Å². The van der Waals surface area contributed by atoms with Gasteiger partial charge in [-0.1, -0.05) is 6.07 Å². The van der Waals surface area contributed by atoms with Gasteiger partial charge < -0.3 is 24.0 Å². The van der Waals surface area contributed by atoms with Crippen LogP contribution in [0.2, 0.25) is 0 Å². The molecule has 1 aromatic carbocycles. The molecule has 2 aliphatic heterocycles. The van der Waals surface area contributed by atoms with Gasteiger partial charge in [0.1, 0.15) is 0 Å². The van der Waals surface area contributed by atoms with Gasteiger partial charge in [-0.05, 0) is 36.6 Å². The highest BCUT2D eigenvalue weighted by Gasteiger charge is 2.43. The van der Waals surface area contributed by atoms with Crippen LogP contribution in [-0.4, -0.2) is 67.3 Å². The third-order valence-electron chi connectivity index (χ3n) is 5.52. The lowest BCUT2D eigenvalue weighted by Crippen LogP contribution is -2.53. The molecule has 0 N–H and O–H groups in total. The van der Waals surface area contributed by atoms with Crippen LogP contribution in [0.15, 0.2) is 24.3 Å². The fourth-order valence-electron chi connectivity index (χ4n) is 3.71. The van der Waals surface area contributed by atoms with Crippen LogP contribution in [0.4, 0.5) is 8.78 Å². The van der Waals surface area contributed by atoms with E-state index in [9.17, 15) is 18.4 Å². The summed E-state index contributed by atoms with van der Waals surface area (Å²) in [6.45, 7) is 1.93. The summed E-state index contributed by atoms with van der Waals surface area (Å²) in [5, 5.41) is 0. The maximum absolute atomic E-state index is 13.1. The molecule has 2 amide bonds. The van der Waals surface area contributed by atoms with Gasteiger partial charge in [0.05, 0.1) is 6.10 Å². The van der Waals surface area contributed by atoms with E-state index in [1.54, 1.807) is 24.2 Å². The van der Waals surface area contributed by atoms with E-state index in [4.69, 9.17) is 4.74 Å². The number of carbonyl (C=O) groups excluding carboxylic acids is 2. The number of rotatable bonds is 4. The number of fused-ring (bicyclic) bond motifs is 1. The van der Waals surface area contributed by atoms with Gasteiger partial charge in [0.15, 0.2) is 11.5 Å². The zero-order valence-corrected chi connectivity index (χ0v) is 16.0. The Bertz CT molecular complexity index is 830. The minimum absolute atomic E-state index is 0.0282. The third-order valence-corrected chi connectivity index (χ3v) is 5.52. The molecule has 0 spiro atoms. The Morgan fingerprint density at radius 3 is 2.45 bits per heavy atom. The molecule has 0 bridgehead atoms. The fraction of sp³-hybridized carbons (Fsp3) is 0.500. The molecule has 29 heavy (non-hydrogen) atoms. The van der Waals surface area contributed by atoms with Crippen LogP contribution in [0.3, 0.4) is 0 Å². The number of piperazine rings is 1. The molecule has 9 heteroatoms. The van der Waals surface area contributed by atoms with Crippen molar-refractivity contribution in [3.63, 3.8) is 0 Å². The number of hydrogen-bond acceptors (Lipinski definition) is 5. The van der Waals surface area contributed by atoms with E-state index in [1.165, 1.54) is 18.2 Å². The van der Waals surface area contributed by atoms with Crippen LogP contribution in [0, 0.1) is 5.92 Å². The van der Waals surface area contributed by atoms with Crippen LogP contribution < -0.4 is 9.47 Å². The largest absolute Gasteiger partial charge is 0.586 e. The number of halogens is 2. The fourth-order valence-corrected chi connectivity index (χ4v) is 3.71. The van der Waals surface area contributed by atoms with Crippen molar-refractivity contribution in [2.75, 3.05) is 33.3 Å². The van der Waals surface area contributed by atoms with E-state index in [2.05, 4.69) is 9.47 Å². The summed E-state index contributed by atoms with van der Waals surface area (Å²) in [5.74, 6) is -0.132. The van der Waals surface area contributed by atoms with Crippen molar-refractivity contribution >= 4 is 17.9 Å². The molecule has 0 unspecified atom stereocenters. The molecule has 0 atom stereocenters. The van der Waals surface area contributed by atoms with E-state index < -0.39 is 6.29 Å². The van der Waals surface area contributed by atoms with Crippen LogP contribution in [0.5, 0.6) is 11.5 Å². The molecule has 3 aliphatic rings. The summed E-state index contributed by atoms with van der Waals surface area (Å²) >= 11 is 0. The minimum Gasteiger partial charge on any atom is -0.395 e. The van der Waals surface area contributed by atoms with E-state index >= 15 is 0 Å². The zero-order valence-electron chi connectivity index (χ0n) is 16.0. The second-order valence-electron chi connectivity index (χ2n) is 7.38. The lowest BCUT2D eigenvalue weighted by Gasteiger charge is -2.40. The SMILES string of the molecule is COC1CC(C(=O)N2CCN(C(=O)/C=C/c3ccc4c(c3)OC(F)(F)O4)CC2)C1. The number of benzene rings is 1. The highest BCUT2D eigenvalue weighted by molar-refractivity contribution is 5.92. The van der Waals surface area contributed by atoms with Gasteiger partial charge in [-0.15, -0.1) is 8.78 Å². The van der Waals surface area contributed by atoms with Crippen molar-refractivity contribution in [2.45, 2.75) is 25.2 Å². The maximum atomic E-state index is 13.1. The Morgan fingerprint density at radius 1 is 1.10 bits per heavy atom. The summed E-state index contributed by atoms with van der Waals surface area (Å²) in [6, 6.07) is 4.33. The van der Waals surface area contributed by atoms with Crippen molar-refractivity contribution in [1.29, 1.82) is 0 Å². The van der Waals surface area contributed by atoms with Gasteiger partial charge in [-0.25, -0.2) is 0 Å². The topological polar surface area (TPSA) is 68.3 Å². The lowest BCUT2D eigenvalue weighted by atomic mass is 9.81. The monoisotopic (exact) mass is 408 g/mol. The predicted molar refractivity (Wildman–Crippen MR) is 98.4 cm³/mol. The number of ether oxygens (including phenoxy) is 3. The van der Waals surface area contributed by atoms with E-state index in [-0.39, 0.29) is 35.3 Å². The molecule has 0 radical (unpaired) electrons. The van der Waals surface area contributed by atoms with Gasteiger partial charge in [0, 0.05) is 45.3 Å². The molecular formula is C20H22F2N2O5. The first-order valence-electron chi connectivity index (χ1n) is 9.53. The van der Waals surface area contributed by atoms with Crippen molar-refractivity contribution in [1.82, 2.24) is 9.80 Å². The summed E-state index contributed by atoms with van der Waals surface area (Å²) in [7, 11) is 1.65. The number of nitrogens with zero attached hydrogens (tertiary/aromatic N) is 2. The van der Waals surface area contributed by atoms with Crippen LogP contribution in [0.25, 0.3) is 6.08 Å². The number of carbonyl (C=O) groups is 2. The van der Waals surface area contributed by atoms with Crippen molar-refractivity contribution < 1.29 is 32.6 Å². The summed E-state index contributed by atoms with van der Waals surface area (Å²) in [5.41, 5.74) is 0.546. The second-order valence-corrected chi connectivity index (χ2v) is 7.38. The molecule has 7 nitrogen and oxygen atoms in total. The zero-order chi connectivity index (χ0) is 20.6. The highest BCUT2D eigenvalue weighted by Crippen LogP contribution is 2.41. The van der Waals surface area contributed by atoms with Crippen molar-refractivity contribution in [3.05, 3.63) is 29.8 Å². The predicted octanol–water partition coefficient (Wildman–Crippen LogP) is 2.12. The van der Waals surface area contributed by atoms with Crippen LogP contribution in [-0.2, 0) is 14.3 Å². The summed E-state index contributed by atoms with van der Waals surface area (Å²) < 4.78 is 40.1. The number of alkyl halides is 2. The molecule has 2 fully saturated rings. The standard InChI is InChI=1S/C20H22F2N2O5/c1-27-15-11-14(12-15)19(26)24-8-6-23(7-9-24)18(25)5-3-13-2-4-16-17(10-13)29-20(21,22)28-16/h2-5,10,14-15H,6-9,11-12H2,1H3/b5-3+. The minimum atomic E-state index is -3.67.